The van der Waals surface area contributed by atoms with Gasteiger partial charge in [0.2, 0.25) is 0 Å². The highest BCUT2D eigenvalue weighted by Gasteiger charge is 2.13. The molecule has 0 N–H and O–H groups in total. The summed E-state index contributed by atoms with van der Waals surface area (Å²) < 4.78 is 1.02. The Morgan fingerprint density at radius 3 is 2.63 bits per heavy atom. The van der Waals surface area contributed by atoms with Crippen molar-refractivity contribution in [2.75, 3.05) is 0 Å². The molecule has 2 rings (SSSR count). The van der Waals surface area contributed by atoms with Gasteiger partial charge in [0.1, 0.15) is 0 Å². The Kier molecular flexibility index (Phi) is 4.63. The van der Waals surface area contributed by atoms with Gasteiger partial charge in [0, 0.05) is 20.6 Å². The standard InChI is InChI=1S/C16H14ClIO/c1-10-6-7-12(14(17)8-10)9-15(19)13-5-3-4-11(2)16(13)18/h3-8H,9H2,1-2H3. The number of carbonyl (C=O) groups excluding carboxylic acids is 1. The molecule has 0 radical (unpaired) electrons. The molecule has 0 amide bonds. The van der Waals surface area contributed by atoms with E-state index in [2.05, 4.69) is 22.6 Å². The average molecular weight is 385 g/mol. The summed E-state index contributed by atoms with van der Waals surface area (Å²) in [6, 6.07) is 11.6. The third-order valence-electron chi connectivity index (χ3n) is 3.05. The Balaban J connectivity index is 2.28. The largest absolute Gasteiger partial charge is 0.294 e. The molecule has 0 aromatic heterocycles. The van der Waals surface area contributed by atoms with Gasteiger partial charge in [-0.1, -0.05) is 41.9 Å². The van der Waals surface area contributed by atoms with Crippen LogP contribution < -0.4 is 0 Å². The zero-order chi connectivity index (χ0) is 14.0. The lowest BCUT2D eigenvalue weighted by Gasteiger charge is -2.08. The van der Waals surface area contributed by atoms with Gasteiger partial charge in [0.05, 0.1) is 0 Å². The van der Waals surface area contributed by atoms with E-state index in [4.69, 9.17) is 11.6 Å². The molecule has 2 aromatic rings. The van der Waals surface area contributed by atoms with Crippen LogP contribution in [0.25, 0.3) is 0 Å². The van der Waals surface area contributed by atoms with Crippen molar-refractivity contribution in [2.24, 2.45) is 0 Å². The van der Waals surface area contributed by atoms with E-state index in [1.165, 1.54) is 0 Å². The van der Waals surface area contributed by atoms with Gasteiger partial charge in [-0.25, -0.2) is 0 Å². The normalized spacial score (nSPS) is 10.5. The summed E-state index contributed by atoms with van der Waals surface area (Å²) in [6.45, 7) is 4.00. The summed E-state index contributed by atoms with van der Waals surface area (Å²) in [5.41, 5.74) is 3.89. The van der Waals surface area contributed by atoms with E-state index in [0.717, 1.165) is 25.8 Å². The van der Waals surface area contributed by atoms with E-state index in [-0.39, 0.29) is 5.78 Å². The van der Waals surface area contributed by atoms with Gasteiger partial charge in [-0.05, 0) is 59.2 Å². The third kappa shape index (κ3) is 3.37. The highest BCUT2D eigenvalue weighted by Crippen LogP contribution is 2.22. The van der Waals surface area contributed by atoms with Crippen molar-refractivity contribution >= 4 is 40.0 Å². The number of Topliss-reactive ketones (excluding diaryl/α,β-unsaturated/α-hetero) is 1. The number of aryl methyl sites for hydroxylation is 2. The van der Waals surface area contributed by atoms with E-state index >= 15 is 0 Å². The molecule has 19 heavy (non-hydrogen) atoms. The molecule has 1 nitrogen and oxygen atoms in total. The Hall–Kier alpha value is -0.870. The third-order valence-corrected chi connectivity index (χ3v) is 4.84. The number of hydrogen-bond acceptors (Lipinski definition) is 1. The molecule has 0 aliphatic carbocycles. The molecular weight excluding hydrogens is 371 g/mol. The number of carbonyl (C=O) groups is 1. The second kappa shape index (κ2) is 6.06. The lowest BCUT2D eigenvalue weighted by molar-refractivity contribution is 0.0992. The van der Waals surface area contributed by atoms with Crippen LogP contribution in [0.5, 0.6) is 0 Å². The fraction of sp³-hybridized carbons (Fsp3) is 0.188. The Bertz CT molecular complexity index is 635. The van der Waals surface area contributed by atoms with Crippen molar-refractivity contribution in [3.8, 4) is 0 Å². The smallest absolute Gasteiger partial charge is 0.168 e. The molecule has 0 fully saturated rings. The zero-order valence-electron chi connectivity index (χ0n) is 10.8. The maximum Gasteiger partial charge on any atom is 0.168 e. The number of hydrogen-bond donors (Lipinski definition) is 0. The minimum absolute atomic E-state index is 0.110. The lowest BCUT2D eigenvalue weighted by Crippen LogP contribution is -2.07. The Morgan fingerprint density at radius 2 is 1.95 bits per heavy atom. The maximum absolute atomic E-state index is 12.4. The highest BCUT2D eigenvalue weighted by atomic mass is 127. The van der Waals surface area contributed by atoms with Crippen LogP contribution in [0.3, 0.4) is 0 Å². The van der Waals surface area contributed by atoms with Gasteiger partial charge in [0.25, 0.3) is 0 Å². The van der Waals surface area contributed by atoms with Gasteiger partial charge >= 0.3 is 0 Å². The van der Waals surface area contributed by atoms with Crippen molar-refractivity contribution in [1.29, 1.82) is 0 Å². The van der Waals surface area contributed by atoms with E-state index < -0.39 is 0 Å². The van der Waals surface area contributed by atoms with E-state index in [9.17, 15) is 4.79 Å². The molecule has 0 spiro atoms. The first-order valence-corrected chi connectivity index (χ1v) is 7.48. The van der Waals surface area contributed by atoms with Crippen LogP contribution in [0.2, 0.25) is 5.02 Å². The van der Waals surface area contributed by atoms with Gasteiger partial charge < -0.3 is 0 Å². The second-order valence-corrected chi connectivity index (χ2v) is 6.12. The van der Waals surface area contributed by atoms with Crippen molar-refractivity contribution in [2.45, 2.75) is 20.3 Å². The first-order chi connectivity index (χ1) is 8.99. The first kappa shape index (κ1) is 14.5. The molecule has 0 atom stereocenters. The molecule has 2 aromatic carbocycles. The predicted octanol–water partition coefficient (Wildman–Crippen LogP) is 4.99. The molecule has 3 heteroatoms. The van der Waals surface area contributed by atoms with Crippen molar-refractivity contribution in [1.82, 2.24) is 0 Å². The SMILES string of the molecule is Cc1ccc(CC(=O)c2cccc(C)c2I)c(Cl)c1. The van der Waals surface area contributed by atoms with Crippen molar-refractivity contribution < 1.29 is 4.79 Å². The lowest BCUT2D eigenvalue weighted by atomic mass is 10.0. The topological polar surface area (TPSA) is 17.1 Å². The van der Waals surface area contributed by atoms with Gasteiger partial charge in [-0.15, -0.1) is 0 Å². The zero-order valence-corrected chi connectivity index (χ0v) is 13.7. The van der Waals surface area contributed by atoms with Crippen LogP contribution in [0, 0.1) is 17.4 Å². The van der Waals surface area contributed by atoms with E-state index in [1.807, 2.05) is 50.2 Å². The van der Waals surface area contributed by atoms with Crippen molar-refractivity contribution in [3.05, 3.63) is 67.2 Å². The first-order valence-electron chi connectivity index (χ1n) is 6.02. The van der Waals surface area contributed by atoms with E-state index in [0.29, 0.717) is 11.4 Å². The van der Waals surface area contributed by atoms with Crippen LogP contribution >= 0.6 is 34.2 Å². The van der Waals surface area contributed by atoms with Crippen LogP contribution in [-0.2, 0) is 6.42 Å². The Labute approximate surface area is 132 Å². The number of rotatable bonds is 3. The van der Waals surface area contributed by atoms with Crippen LogP contribution in [0.15, 0.2) is 36.4 Å². The van der Waals surface area contributed by atoms with E-state index in [1.54, 1.807) is 0 Å². The molecule has 98 valence electrons. The summed E-state index contributed by atoms with van der Waals surface area (Å²) in [6.07, 6.45) is 0.346. The number of halogens is 2. The van der Waals surface area contributed by atoms with Crippen LogP contribution in [-0.4, -0.2) is 5.78 Å². The average Bonchev–Trinajstić information content (AvgIpc) is 2.36. The molecular formula is C16H14ClIO. The minimum Gasteiger partial charge on any atom is -0.294 e. The summed E-state index contributed by atoms with van der Waals surface area (Å²) in [5.74, 6) is 0.110. The summed E-state index contributed by atoms with van der Waals surface area (Å²) >= 11 is 8.40. The predicted molar refractivity (Wildman–Crippen MR) is 88.1 cm³/mol. The molecule has 0 unspecified atom stereocenters. The van der Waals surface area contributed by atoms with Crippen molar-refractivity contribution in [3.63, 3.8) is 0 Å². The summed E-state index contributed by atoms with van der Waals surface area (Å²) in [5, 5.41) is 0.663. The second-order valence-electron chi connectivity index (χ2n) is 4.63. The molecule has 0 aliphatic heterocycles. The van der Waals surface area contributed by atoms with Gasteiger partial charge in [-0.2, -0.15) is 0 Å². The molecule has 0 saturated carbocycles. The molecule has 0 aliphatic rings. The van der Waals surface area contributed by atoms with Gasteiger partial charge in [-0.3, -0.25) is 4.79 Å². The fourth-order valence-corrected chi connectivity index (χ4v) is 2.89. The monoisotopic (exact) mass is 384 g/mol. The molecule has 0 heterocycles. The fourth-order valence-electron chi connectivity index (χ4n) is 1.93. The number of benzene rings is 2. The Morgan fingerprint density at radius 1 is 1.21 bits per heavy atom. The minimum atomic E-state index is 0.110. The highest BCUT2D eigenvalue weighted by molar-refractivity contribution is 14.1. The molecule has 0 bridgehead atoms. The summed E-state index contributed by atoms with van der Waals surface area (Å²) in [4.78, 5) is 12.4. The summed E-state index contributed by atoms with van der Waals surface area (Å²) in [7, 11) is 0. The molecule has 0 saturated heterocycles. The number of ketones is 1. The maximum atomic E-state index is 12.4. The van der Waals surface area contributed by atoms with Gasteiger partial charge in [0.15, 0.2) is 5.78 Å². The van der Waals surface area contributed by atoms with Crippen LogP contribution in [0.1, 0.15) is 27.0 Å². The quantitative estimate of drug-likeness (QED) is 0.538. The van der Waals surface area contributed by atoms with Crippen LogP contribution in [0.4, 0.5) is 0 Å².